The molecule has 6 nitrogen and oxygen atoms in total. The first kappa shape index (κ1) is 22.8. The van der Waals surface area contributed by atoms with Crippen LogP contribution in [0.4, 0.5) is 0 Å². The molecule has 1 fully saturated rings. The molecule has 1 aromatic rings. The Morgan fingerprint density at radius 1 is 1.07 bits per heavy atom. The summed E-state index contributed by atoms with van der Waals surface area (Å²) in [5, 5.41) is 3.14. The summed E-state index contributed by atoms with van der Waals surface area (Å²) >= 11 is 0. The normalized spacial score (nSPS) is 17.5. The predicted molar refractivity (Wildman–Crippen MR) is 112 cm³/mol. The van der Waals surface area contributed by atoms with Crippen molar-refractivity contribution in [3.63, 3.8) is 0 Å². The van der Waals surface area contributed by atoms with Gasteiger partial charge in [-0.3, -0.25) is 4.79 Å². The zero-order valence-corrected chi connectivity index (χ0v) is 18.9. The van der Waals surface area contributed by atoms with Crippen molar-refractivity contribution in [2.24, 2.45) is 5.41 Å². The highest BCUT2D eigenvalue weighted by atomic mass is 32.2. The lowest BCUT2D eigenvalue weighted by molar-refractivity contribution is -0.895. The molecule has 0 aliphatic carbocycles. The number of nitrogens with zero attached hydrogens (tertiary/aromatic N) is 1. The van der Waals surface area contributed by atoms with Crippen LogP contribution in [0.5, 0.6) is 0 Å². The molecule has 1 amide bonds. The van der Waals surface area contributed by atoms with Crippen LogP contribution in [-0.2, 0) is 14.8 Å². The van der Waals surface area contributed by atoms with E-state index >= 15 is 0 Å². The zero-order valence-electron chi connectivity index (χ0n) is 18.1. The first-order valence-electron chi connectivity index (χ1n) is 10.00. The summed E-state index contributed by atoms with van der Waals surface area (Å²) in [6.07, 6.45) is 0.893. The first-order chi connectivity index (χ1) is 12.8. The number of carbonyl (C=O) groups is 1. The third-order valence-corrected chi connectivity index (χ3v) is 6.86. The molecular formula is C21H36N3O3S+. The van der Waals surface area contributed by atoms with Gasteiger partial charge in [0.1, 0.15) is 0 Å². The van der Waals surface area contributed by atoms with Crippen molar-refractivity contribution in [3.05, 3.63) is 29.8 Å². The van der Waals surface area contributed by atoms with E-state index in [9.17, 15) is 13.2 Å². The van der Waals surface area contributed by atoms with Crippen LogP contribution in [-0.4, -0.2) is 56.9 Å². The number of nitrogens with one attached hydrogen (secondary N) is 2. The number of piperazine rings is 1. The summed E-state index contributed by atoms with van der Waals surface area (Å²) in [4.78, 5) is 13.9. The number of amides is 1. The maximum Gasteiger partial charge on any atom is 0.275 e. The van der Waals surface area contributed by atoms with Crippen molar-refractivity contribution in [3.8, 4) is 0 Å². The summed E-state index contributed by atoms with van der Waals surface area (Å²) in [5.41, 5.74) is 0.916. The van der Waals surface area contributed by atoms with E-state index in [2.05, 4.69) is 39.9 Å². The SMILES string of the molecule is Cc1ccc(S(=O)(=O)N2CC[NH+](CC(=O)NC(C)(C)CC(C)(C)C)CC2)cc1. The monoisotopic (exact) mass is 410 g/mol. The molecule has 0 saturated carbocycles. The van der Waals surface area contributed by atoms with E-state index in [0.717, 1.165) is 16.9 Å². The fourth-order valence-electron chi connectivity index (χ4n) is 4.10. The van der Waals surface area contributed by atoms with Gasteiger partial charge in [0.15, 0.2) is 6.54 Å². The number of aryl methyl sites for hydroxylation is 1. The Hall–Kier alpha value is -1.44. The highest BCUT2D eigenvalue weighted by Crippen LogP contribution is 2.26. The van der Waals surface area contributed by atoms with E-state index in [1.165, 1.54) is 4.31 Å². The van der Waals surface area contributed by atoms with E-state index < -0.39 is 10.0 Å². The molecule has 1 aliphatic rings. The van der Waals surface area contributed by atoms with E-state index in [1.54, 1.807) is 12.1 Å². The molecule has 2 N–H and O–H groups in total. The first-order valence-corrected chi connectivity index (χ1v) is 11.4. The number of hydrogen-bond donors (Lipinski definition) is 2. The van der Waals surface area contributed by atoms with Crippen molar-refractivity contribution < 1.29 is 18.1 Å². The second-order valence-corrected chi connectivity index (χ2v) is 11.8. The van der Waals surface area contributed by atoms with Crippen LogP contribution in [0.15, 0.2) is 29.2 Å². The minimum Gasteiger partial charge on any atom is -0.346 e. The fourth-order valence-corrected chi connectivity index (χ4v) is 5.54. The Morgan fingerprint density at radius 3 is 2.11 bits per heavy atom. The Labute approximate surface area is 170 Å². The summed E-state index contributed by atoms with van der Waals surface area (Å²) in [6, 6.07) is 6.96. The minimum absolute atomic E-state index is 0.0269. The molecule has 0 aromatic heterocycles. The lowest BCUT2D eigenvalue weighted by Crippen LogP contribution is -3.16. The molecule has 0 radical (unpaired) electrons. The topological polar surface area (TPSA) is 70.9 Å². The van der Waals surface area contributed by atoms with Crippen LogP contribution >= 0.6 is 0 Å². The Kier molecular flexibility index (Phi) is 6.94. The van der Waals surface area contributed by atoms with E-state index in [1.807, 2.05) is 19.1 Å². The molecule has 0 atom stereocenters. The van der Waals surface area contributed by atoms with Crippen LogP contribution in [0.1, 0.15) is 46.6 Å². The molecule has 28 heavy (non-hydrogen) atoms. The molecule has 1 aliphatic heterocycles. The molecule has 0 bridgehead atoms. The lowest BCUT2D eigenvalue weighted by atomic mass is 9.82. The Balaban J connectivity index is 1.88. The maximum absolute atomic E-state index is 12.8. The third kappa shape index (κ3) is 6.57. The summed E-state index contributed by atoms with van der Waals surface area (Å²) in [6.45, 7) is 15.1. The highest BCUT2D eigenvalue weighted by molar-refractivity contribution is 7.89. The second kappa shape index (κ2) is 8.51. The fraction of sp³-hybridized carbons (Fsp3) is 0.667. The number of sulfonamides is 1. The molecule has 7 heteroatoms. The second-order valence-electron chi connectivity index (χ2n) is 9.81. The van der Waals surface area contributed by atoms with Crippen LogP contribution in [0, 0.1) is 12.3 Å². The summed E-state index contributed by atoms with van der Waals surface area (Å²) in [5.74, 6) is 0.0269. The molecule has 1 heterocycles. The van der Waals surface area contributed by atoms with Crippen molar-refractivity contribution in [1.29, 1.82) is 0 Å². The molecule has 0 spiro atoms. The number of benzene rings is 1. The van der Waals surface area contributed by atoms with Crippen LogP contribution in [0.25, 0.3) is 0 Å². The van der Waals surface area contributed by atoms with E-state index in [4.69, 9.17) is 0 Å². The summed E-state index contributed by atoms with van der Waals surface area (Å²) < 4.78 is 27.1. The van der Waals surface area contributed by atoms with Crippen molar-refractivity contribution in [2.45, 2.75) is 58.4 Å². The lowest BCUT2D eigenvalue weighted by Gasteiger charge is -2.35. The van der Waals surface area contributed by atoms with Gasteiger partial charge >= 0.3 is 0 Å². The number of rotatable bonds is 6. The van der Waals surface area contributed by atoms with E-state index in [0.29, 0.717) is 37.6 Å². The molecular weight excluding hydrogens is 374 g/mol. The highest BCUT2D eigenvalue weighted by Gasteiger charge is 2.32. The van der Waals surface area contributed by atoms with Crippen LogP contribution < -0.4 is 10.2 Å². The standard InChI is InChI=1S/C21H35N3O3S/c1-17-7-9-18(10-8-17)28(26,27)24-13-11-23(12-14-24)15-19(25)22-21(5,6)16-20(2,3)4/h7-10H,11-16H2,1-6H3,(H,22,25)/p+1. The van der Waals surface area contributed by atoms with Gasteiger partial charge in [-0.25, -0.2) is 8.42 Å². The zero-order chi connectivity index (χ0) is 21.2. The van der Waals surface area contributed by atoms with Gasteiger partial charge in [-0.1, -0.05) is 38.5 Å². The van der Waals surface area contributed by atoms with Crippen molar-refractivity contribution in [1.82, 2.24) is 9.62 Å². The van der Waals surface area contributed by atoms with Gasteiger partial charge < -0.3 is 10.2 Å². The quantitative estimate of drug-likeness (QED) is 0.741. The molecule has 1 aromatic carbocycles. The predicted octanol–water partition coefficient (Wildman–Crippen LogP) is 1.22. The number of hydrogen-bond acceptors (Lipinski definition) is 3. The Bertz CT molecular complexity index is 772. The van der Waals surface area contributed by atoms with Crippen molar-refractivity contribution >= 4 is 15.9 Å². The van der Waals surface area contributed by atoms with Gasteiger partial charge in [0, 0.05) is 5.54 Å². The maximum atomic E-state index is 12.8. The van der Waals surface area contributed by atoms with Crippen molar-refractivity contribution in [2.75, 3.05) is 32.7 Å². The van der Waals surface area contributed by atoms with Gasteiger partial charge in [-0.15, -0.1) is 0 Å². The minimum atomic E-state index is -3.46. The Morgan fingerprint density at radius 2 is 1.61 bits per heavy atom. The molecule has 1 saturated heterocycles. The average molecular weight is 411 g/mol. The van der Waals surface area contributed by atoms with E-state index in [-0.39, 0.29) is 16.9 Å². The van der Waals surface area contributed by atoms with Crippen LogP contribution in [0.3, 0.4) is 0 Å². The van der Waals surface area contributed by atoms with Gasteiger partial charge in [-0.05, 0) is 44.7 Å². The third-order valence-electron chi connectivity index (χ3n) is 4.95. The van der Waals surface area contributed by atoms with Gasteiger partial charge in [0.05, 0.1) is 31.1 Å². The summed E-state index contributed by atoms with van der Waals surface area (Å²) in [7, 11) is -3.46. The van der Waals surface area contributed by atoms with Crippen LogP contribution in [0.2, 0.25) is 0 Å². The average Bonchev–Trinajstić information content (AvgIpc) is 2.52. The van der Waals surface area contributed by atoms with Gasteiger partial charge in [-0.2, -0.15) is 4.31 Å². The smallest absolute Gasteiger partial charge is 0.275 e. The number of quaternary nitrogens is 1. The molecule has 2 rings (SSSR count). The molecule has 0 unspecified atom stereocenters. The molecule has 158 valence electrons. The van der Waals surface area contributed by atoms with Gasteiger partial charge in [0.2, 0.25) is 10.0 Å². The number of carbonyl (C=O) groups excluding carboxylic acids is 1. The largest absolute Gasteiger partial charge is 0.346 e. The van der Waals surface area contributed by atoms with Gasteiger partial charge in [0.25, 0.3) is 5.91 Å².